The van der Waals surface area contributed by atoms with E-state index in [2.05, 4.69) is 0 Å². The molecule has 1 aromatic carbocycles. The Labute approximate surface area is 88.1 Å². The highest BCUT2D eigenvalue weighted by Gasteiger charge is 2.28. The molecule has 0 aliphatic carbocycles. The van der Waals surface area contributed by atoms with Gasteiger partial charge in [0.15, 0.2) is 5.78 Å². The maximum Gasteiger partial charge on any atom is 0.191 e. The van der Waals surface area contributed by atoms with Crippen LogP contribution in [0.2, 0.25) is 0 Å². The molecule has 1 heterocycles. The standard InChI is InChI=1S/C12H13FO2/c1-8-5-6-11(15-8)12(14)9-3-2-4-10(13)7-9/h2-4,7-8,11H,5-6H2,1H3. The van der Waals surface area contributed by atoms with Crippen molar-refractivity contribution in [1.29, 1.82) is 0 Å². The molecule has 2 atom stereocenters. The van der Waals surface area contributed by atoms with Crippen LogP contribution in [0.3, 0.4) is 0 Å². The first-order chi connectivity index (χ1) is 7.16. The van der Waals surface area contributed by atoms with Crippen molar-refractivity contribution in [2.24, 2.45) is 0 Å². The summed E-state index contributed by atoms with van der Waals surface area (Å²) in [6.45, 7) is 1.94. The minimum atomic E-state index is -0.387. The summed E-state index contributed by atoms with van der Waals surface area (Å²) in [7, 11) is 0. The third-order valence-corrected chi connectivity index (χ3v) is 2.63. The maximum atomic E-state index is 12.9. The zero-order valence-corrected chi connectivity index (χ0v) is 8.57. The van der Waals surface area contributed by atoms with Crippen molar-refractivity contribution in [3.8, 4) is 0 Å². The van der Waals surface area contributed by atoms with Gasteiger partial charge in [0.25, 0.3) is 0 Å². The number of benzene rings is 1. The van der Waals surface area contributed by atoms with Gasteiger partial charge in [-0.1, -0.05) is 12.1 Å². The number of halogens is 1. The largest absolute Gasteiger partial charge is 0.367 e. The molecule has 0 saturated carbocycles. The lowest BCUT2D eigenvalue weighted by Crippen LogP contribution is -2.20. The molecule has 1 fully saturated rings. The van der Waals surface area contributed by atoms with E-state index in [1.54, 1.807) is 12.1 Å². The molecule has 1 saturated heterocycles. The highest BCUT2D eigenvalue weighted by molar-refractivity contribution is 5.99. The van der Waals surface area contributed by atoms with Gasteiger partial charge in [-0.25, -0.2) is 4.39 Å². The molecule has 3 heteroatoms. The monoisotopic (exact) mass is 208 g/mol. The number of ether oxygens (including phenoxy) is 1. The molecular formula is C12H13FO2. The molecule has 0 N–H and O–H groups in total. The van der Waals surface area contributed by atoms with Crippen LogP contribution in [0.5, 0.6) is 0 Å². The lowest BCUT2D eigenvalue weighted by Gasteiger charge is -2.09. The molecule has 0 amide bonds. The lowest BCUT2D eigenvalue weighted by atomic mass is 10.0. The van der Waals surface area contributed by atoms with E-state index in [0.29, 0.717) is 5.56 Å². The summed E-state index contributed by atoms with van der Waals surface area (Å²) in [6.07, 6.45) is 1.37. The molecule has 1 aromatic rings. The average Bonchev–Trinajstić information content (AvgIpc) is 2.64. The molecule has 0 spiro atoms. The van der Waals surface area contributed by atoms with E-state index in [1.165, 1.54) is 12.1 Å². The summed E-state index contributed by atoms with van der Waals surface area (Å²) >= 11 is 0. The Morgan fingerprint density at radius 2 is 2.27 bits per heavy atom. The molecule has 80 valence electrons. The fourth-order valence-corrected chi connectivity index (χ4v) is 1.82. The number of ketones is 1. The molecule has 0 aromatic heterocycles. The first-order valence-corrected chi connectivity index (χ1v) is 5.12. The second kappa shape index (κ2) is 4.11. The third kappa shape index (κ3) is 2.23. The predicted octanol–water partition coefficient (Wildman–Crippen LogP) is 2.58. The average molecular weight is 208 g/mol. The van der Waals surface area contributed by atoms with Crippen molar-refractivity contribution >= 4 is 5.78 Å². The Kier molecular flexibility index (Phi) is 2.82. The fourth-order valence-electron chi connectivity index (χ4n) is 1.82. The number of carbonyl (C=O) groups excluding carboxylic acids is 1. The van der Waals surface area contributed by atoms with Gasteiger partial charge in [-0.2, -0.15) is 0 Å². The number of hydrogen-bond donors (Lipinski definition) is 0. The van der Waals surface area contributed by atoms with Crippen LogP contribution in [-0.2, 0) is 4.74 Å². The third-order valence-electron chi connectivity index (χ3n) is 2.63. The van der Waals surface area contributed by atoms with E-state index in [0.717, 1.165) is 12.8 Å². The Hall–Kier alpha value is -1.22. The first-order valence-electron chi connectivity index (χ1n) is 5.12. The quantitative estimate of drug-likeness (QED) is 0.698. The number of hydrogen-bond acceptors (Lipinski definition) is 2. The summed E-state index contributed by atoms with van der Waals surface area (Å²) < 4.78 is 18.3. The lowest BCUT2D eigenvalue weighted by molar-refractivity contribution is 0.0433. The Bertz CT molecular complexity index is 376. The number of Topliss-reactive ketones (excluding diaryl/α,β-unsaturated/α-hetero) is 1. The molecule has 2 nitrogen and oxygen atoms in total. The minimum absolute atomic E-state index is 0.112. The van der Waals surface area contributed by atoms with Gasteiger partial charge in [0.2, 0.25) is 0 Å². The van der Waals surface area contributed by atoms with Crippen LogP contribution in [0.1, 0.15) is 30.1 Å². The molecule has 1 aliphatic heterocycles. The molecule has 2 rings (SSSR count). The van der Waals surface area contributed by atoms with E-state index in [-0.39, 0.29) is 23.8 Å². The van der Waals surface area contributed by atoms with Crippen molar-refractivity contribution in [3.63, 3.8) is 0 Å². The number of rotatable bonds is 2. The van der Waals surface area contributed by atoms with Crippen LogP contribution in [0.25, 0.3) is 0 Å². The molecule has 2 unspecified atom stereocenters. The smallest absolute Gasteiger partial charge is 0.191 e. The van der Waals surface area contributed by atoms with Gasteiger partial charge in [0, 0.05) is 5.56 Å². The van der Waals surface area contributed by atoms with E-state index in [1.807, 2.05) is 6.92 Å². The molecule has 0 bridgehead atoms. The van der Waals surface area contributed by atoms with Gasteiger partial charge in [0.05, 0.1) is 6.10 Å². The normalized spacial score (nSPS) is 25.5. The van der Waals surface area contributed by atoms with Crippen LogP contribution < -0.4 is 0 Å². The van der Waals surface area contributed by atoms with Gasteiger partial charge in [0.1, 0.15) is 11.9 Å². The Morgan fingerprint density at radius 3 is 2.87 bits per heavy atom. The van der Waals surface area contributed by atoms with E-state index < -0.39 is 0 Å². The summed E-state index contributed by atoms with van der Waals surface area (Å²) in [6, 6.07) is 5.75. The molecule has 1 aliphatic rings. The maximum absolute atomic E-state index is 12.9. The topological polar surface area (TPSA) is 26.3 Å². The Morgan fingerprint density at radius 1 is 1.47 bits per heavy atom. The fraction of sp³-hybridized carbons (Fsp3) is 0.417. The van der Waals surface area contributed by atoms with Crippen LogP contribution in [0.4, 0.5) is 4.39 Å². The van der Waals surface area contributed by atoms with Crippen LogP contribution >= 0.6 is 0 Å². The highest BCUT2D eigenvalue weighted by Crippen LogP contribution is 2.22. The first kappa shape index (κ1) is 10.3. The minimum Gasteiger partial charge on any atom is -0.367 e. The van der Waals surface area contributed by atoms with E-state index in [4.69, 9.17) is 4.74 Å². The summed E-state index contributed by atoms with van der Waals surface area (Å²) in [5, 5.41) is 0. The van der Waals surface area contributed by atoms with E-state index in [9.17, 15) is 9.18 Å². The summed E-state index contributed by atoms with van der Waals surface area (Å²) in [4.78, 5) is 11.9. The molecular weight excluding hydrogens is 195 g/mol. The van der Waals surface area contributed by atoms with Crippen molar-refractivity contribution < 1.29 is 13.9 Å². The second-order valence-electron chi connectivity index (χ2n) is 3.89. The van der Waals surface area contributed by atoms with Crippen molar-refractivity contribution in [2.75, 3.05) is 0 Å². The van der Waals surface area contributed by atoms with Gasteiger partial charge in [-0.05, 0) is 31.9 Å². The van der Waals surface area contributed by atoms with Gasteiger partial charge in [-0.15, -0.1) is 0 Å². The highest BCUT2D eigenvalue weighted by atomic mass is 19.1. The zero-order chi connectivity index (χ0) is 10.8. The van der Waals surface area contributed by atoms with Crippen molar-refractivity contribution in [1.82, 2.24) is 0 Å². The predicted molar refractivity (Wildman–Crippen MR) is 54.3 cm³/mol. The van der Waals surface area contributed by atoms with Gasteiger partial charge >= 0.3 is 0 Å². The zero-order valence-electron chi connectivity index (χ0n) is 8.57. The summed E-state index contributed by atoms with van der Waals surface area (Å²) in [5.41, 5.74) is 0.397. The van der Waals surface area contributed by atoms with Gasteiger partial charge < -0.3 is 4.74 Å². The van der Waals surface area contributed by atoms with Gasteiger partial charge in [-0.3, -0.25) is 4.79 Å². The number of carbonyl (C=O) groups is 1. The molecule has 0 radical (unpaired) electrons. The van der Waals surface area contributed by atoms with Crippen LogP contribution in [0, 0.1) is 5.82 Å². The summed E-state index contributed by atoms with van der Waals surface area (Å²) in [5.74, 6) is -0.495. The SMILES string of the molecule is CC1CCC(C(=O)c2cccc(F)c2)O1. The second-order valence-corrected chi connectivity index (χ2v) is 3.89. The van der Waals surface area contributed by atoms with Crippen molar-refractivity contribution in [3.05, 3.63) is 35.6 Å². The van der Waals surface area contributed by atoms with Crippen LogP contribution in [0.15, 0.2) is 24.3 Å². The Balaban J connectivity index is 2.14. The van der Waals surface area contributed by atoms with E-state index >= 15 is 0 Å². The molecule has 15 heavy (non-hydrogen) atoms. The van der Waals surface area contributed by atoms with Crippen molar-refractivity contribution in [2.45, 2.75) is 32.0 Å². The van der Waals surface area contributed by atoms with Crippen LogP contribution in [-0.4, -0.2) is 18.0 Å².